The average molecular weight is 233 g/mol. The number of pyridine rings is 1. The first-order chi connectivity index (χ1) is 8.25. The van der Waals surface area contributed by atoms with Crippen LogP contribution in [0.3, 0.4) is 0 Å². The minimum absolute atomic E-state index is 0.0129. The highest BCUT2D eigenvalue weighted by atomic mass is 16.1. The average Bonchev–Trinajstić information content (AvgIpc) is 3.14. The number of rotatable bonds is 6. The van der Waals surface area contributed by atoms with Gasteiger partial charge in [-0.1, -0.05) is 6.07 Å². The molecule has 0 radical (unpaired) electrons. The Labute approximate surface area is 102 Å². The van der Waals surface area contributed by atoms with Gasteiger partial charge < -0.3 is 10.6 Å². The van der Waals surface area contributed by atoms with Crippen LogP contribution in [0.4, 0.5) is 0 Å². The molecular formula is C13H19N3O. The summed E-state index contributed by atoms with van der Waals surface area (Å²) in [5.41, 5.74) is 1.03. The molecule has 0 saturated heterocycles. The van der Waals surface area contributed by atoms with E-state index in [1.165, 1.54) is 12.8 Å². The van der Waals surface area contributed by atoms with Crippen molar-refractivity contribution < 1.29 is 4.79 Å². The van der Waals surface area contributed by atoms with Crippen LogP contribution in [0.15, 0.2) is 24.5 Å². The molecule has 0 spiro atoms. The molecule has 2 N–H and O–H groups in total. The standard InChI is InChI=1S/C13H19N3O/c1-10(12-3-2-6-14-8-12)16-13(17)9-15-7-11-4-5-11/h2-3,6,8,10-11,15H,4-5,7,9H2,1H3,(H,16,17). The van der Waals surface area contributed by atoms with Crippen molar-refractivity contribution in [3.8, 4) is 0 Å². The van der Waals surface area contributed by atoms with Gasteiger partial charge in [0.2, 0.25) is 5.91 Å². The number of hydrogen-bond donors (Lipinski definition) is 2. The summed E-state index contributed by atoms with van der Waals surface area (Å²) in [7, 11) is 0. The molecule has 1 amide bonds. The van der Waals surface area contributed by atoms with E-state index in [1.54, 1.807) is 12.4 Å². The van der Waals surface area contributed by atoms with Crippen molar-refractivity contribution in [3.05, 3.63) is 30.1 Å². The topological polar surface area (TPSA) is 54.0 Å². The maximum Gasteiger partial charge on any atom is 0.234 e. The Morgan fingerprint density at radius 1 is 1.59 bits per heavy atom. The summed E-state index contributed by atoms with van der Waals surface area (Å²) in [6, 6.07) is 3.86. The highest BCUT2D eigenvalue weighted by Crippen LogP contribution is 2.27. The molecule has 1 aromatic rings. The van der Waals surface area contributed by atoms with Crippen LogP contribution in [0.2, 0.25) is 0 Å². The fourth-order valence-corrected chi connectivity index (χ4v) is 1.72. The Morgan fingerprint density at radius 2 is 2.41 bits per heavy atom. The second kappa shape index (κ2) is 5.77. The Morgan fingerprint density at radius 3 is 3.06 bits per heavy atom. The van der Waals surface area contributed by atoms with Crippen LogP contribution >= 0.6 is 0 Å². The predicted molar refractivity (Wildman–Crippen MR) is 66.4 cm³/mol. The molecule has 0 aromatic carbocycles. The lowest BCUT2D eigenvalue weighted by atomic mass is 10.1. The molecule has 0 bridgehead atoms. The normalized spacial score (nSPS) is 16.5. The van der Waals surface area contributed by atoms with Crippen molar-refractivity contribution in [1.82, 2.24) is 15.6 Å². The van der Waals surface area contributed by atoms with Gasteiger partial charge in [0.05, 0.1) is 12.6 Å². The zero-order valence-electron chi connectivity index (χ0n) is 10.1. The summed E-state index contributed by atoms with van der Waals surface area (Å²) in [5.74, 6) is 0.848. The second-order valence-corrected chi connectivity index (χ2v) is 4.65. The molecule has 4 heteroatoms. The van der Waals surface area contributed by atoms with E-state index in [1.807, 2.05) is 19.1 Å². The second-order valence-electron chi connectivity index (χ2n) is 4.65. The predicted octanol–water partition coefficient (Wildman–Crippen LogP) is 1.26. The highest BCUT2D eigenvalue weighted by molar-refractivity contribution is 5.78. The maximum absolute atomic E-state index is 11.6. The Bertz CT molecular complexity index is 362. The molecule has 1 saturated carbocycles. The van der Waals surface area contributed by atoms with Crippen molar-refractivity contribution >= 4 is 5.91 Å². The van der Waals surface area contributed by atoms with E-state index in [-0.39, 0.29) is 11.9 Å². The van der Waals surface area contributed by atoms with Crippen molar-refractivity contribution in [2.45, 2.75) is 25.8 Å². The highest BCUT2D eigenvalue weighted by Gasteiger charge is 2.20. The van der Waals surface area contributed by atoms with Gasteiger partial charge in [-0.2, -0.15) is 0 Å². The minimum Gasteiger partial charge on any atom is -0.348 e. The van der Waals surface area contributed by atoms with Gasteiger partial charge in [0.15, 0.2) is 0 Å². The van der Waals surface area contributed by atoms with E-state index in [0.29, 0.717) is 6.54 Å². The van der Waals surface area contributed by atoms with Crippen LogP contribution in [0, 0.1) is 5.92 Å². The Kier molecular flexibility index (Phi) is 4.09. The number of amides is 1. The Hall–Kier alpha value is -1.42. The van der Waals surface area contributed by atoms with Crippen molar-refractivity contribution in [1.29, 1.82) is 0 Å². The molecule has 1 atom stereocenters. The van der Waals surface area contributed by atoms with Crippen LogP contribution in [0.25, 0.3) is 0 Å². The summed E-state index contributed by atoms with van der Waals surface area (Å²) in [4.78, 5) is 15.7. The number of aromatic nitrogens is 1. The summed E-state index contributed by atoms with van der Waals surface area (Å²) >= 11 is 0. The third-order valence-corrected chi connectivity index (χ3v) is 2.98. The van der Waals surface area contributed by atoms with E-state index >= 15 is 0 Å². The van der Waals surface area contributed by atoms with Gasteiger partial charge >= 0.3 is 0 Å². The van der Waals surface area contributed by atoms with Crippen molar-refractivity contribution in [2.24, 2.45) is 5.92 Å². The Balaban J connectivity index is 1.69. The van der Waals surface area contributed by atoms with Crippen LogP contribution in [-0.2, 0) is 4.79 Å². The summed E-state index contributed by atoms with van der Waals surface area (Å²) in [6.07, 6.45) is 6.12. The molecule has 1 heterocycles. The van der Waals surface area contributed by atoms with Crippen LogP contribution < -0.4 is 10.6 Å². The fraction of sp³-hybridized carbons (Fsp3) is 0.538. The molecule has 0 aliphatic heterocycles. The van der Waals surface area contributed by atoms with E-state index in [9.17, 15) is 4.79 Å². The van der Waals surface area contributed by atoms with Gasteiger partial charge in [-0.25, -0.2) is 0 Å². The third-order valence-electron chi connectivity index (χ3n) is 2.98. The van der Waals surface area contributed by atoms with Gasteiger partial charge in [0.25, 0.3) is 0 Å². The van der Waals surface area contributed by atoms with Gasteiger partial charge in [0, 0.05) is 12.4 Å². The first kappa shape index (κ1) is 12.0. The monoisotopic (exact) mass is 233 g/mol. The fourth-order valence-electron chi connectivity index (χ4n) is 1.72. The van der Waals surface area contributed by atoms with Crippen LogP contribution in [0.1, 0.15) is 31.4 Å². The molecule has 1 fully saturated rings. The number of hydrogen-bond acceptors (Lipinski definition) is 3. The first-order valence-corrected chi connectivity index (χ1v) is 6.15. The van der Waals surface area contributed by atoms with Crippen molar-refractivity contribution in [3.63, 3.8) is 0 Å². The zero-order valence-corrected chi connectivity index (χ0v) is 10.1. The lowest BCUT2D eigenvalue weighted by Crippen LogP contribution is -2.36. The van der Waals surface area contributed by atoms with Crippen molar-refractivity contribution in [2.75, 3.05) is 13.1 Å². The summed E-state index contributed by atoms with van der Waals surface area (Å²) in [5, 5.41) is 6.13. The zero-order chi connectivity index (χ0) is 12.1. The molecule has 1 unspecified atom stereocenters. The van der Waals surface area contributed by atoms with Crippen LogP contribution in [-0.4, -0.2) is 24.0 Å². The van der Waals surface area contributed by atoms with Crippen LogP contribution in [0.5, 0.6) is 0 Å². The molecule has 1 aliphatic rings. The smallest absolute Gasteiger partial charge is 0.234 e. The minimum atomic E-state index is 0.0129. The van der Waals surface area contributed by atoms with Gasteiger partial charge in [-0.3, -0.25) is 9.78 Å². The number of carbonyl (C=O) groups is 1. The maximum atomic E-state index is 11.6. The number of carbonyl (C=O) groups excluding carboxylic acids is 1. The van der Waals surface area contributed by atoms with E-state index in [0.717, 1.165) is 18.0 Å². The van der Waals surface area contributed by atoms with Gasteiger partial charge in [-0.05, 0) is 43.9 Å². The third kappa shape index (κ3) is 4.15. The number of nitrogens with one attached hydrogen (secondary N) is 2. The quantitative estimate of drug-likeness (QED) is 0.777. The lowest BCUT2D eigenvalue weighted by molar-refractivity contribution is -0.120. The summed E-state index contributed by atoms with van der Waals surface area (Å²) in [6.45, 7) is 3.34. The van der Waals surface area contributed by atoms with E-state index in [2.05, 4.69) is 15.6 Å². The number of nitrogens with zero attached hydrogens (tertiary/aromatic N) is 1. The molecule has 2 rings (SSSR count). The van der Waals surface area contributed by atoms with Gasteiger partial charge in [-0.15, -0.1) is 0 Å². The SMILES string of the molecule is CC(NC(=O)CNCC1CC1)c1cccnc1. The molecular weight excluding hydrogens is 214 g/mol. The summed E-state index contributed by atoms with van der Waals surface area (Å²) < 4.78 is 0. The lowest BCUT2D eigenvalue weighted by Gasteiger charge is -2.14. The molecule has 92 valence electrons. The van der Waals surface area contributed by atoms with E-state index in [4.69, 9.17) is 0 Å². The molecule has 17 heavy (non-hydrogen) atoms. The van der Waals surface area contributed by atoms with Gasteiger partial charge in [0.1, 0.15) is 0 Å². The first-order valence-electron chi connectivity index (χ1n) is 6.15. The molecule has 1 aliphatic carbocycles. The molecule has 4 nitrogen and oxygen atoms in total. The van der Waals surface area contributed by atoms with E-state index < -0.39 is 0 Å². The largest absolute Gasteiger partial charge is 0.348 e. The molecule has 1 aromatic heterocycles.